The number of anilines is 1. The molecule has 202 valence electrons. The summed E-state index contributed by atoms with van der Waals surface area (Å²) in [6.07, 6.45) is 0.431. The summed E-state index contributed by atoms with van der Waals surface area (Å²) in [6, 6.07) is 15.9. The number of carbonyl (C=O) groups excluding carboxylic acids is 1. The number of azo groups is 1. The maximum Gasteiger partial charge on any atom is 0.296 e. The van der Waals surface area contributed by atoms with Crippen molar-refractivity contribution in [3.05, 3.63) is 81.8 Å². The highest BCUT2D eigenvalue weighted by Gasteiger charge is 2.21. The normalized spacial score (nSPS) is 11.7. The molecule has 0 bridgehead atoms. The van der Waals surface area contributed by atoms with Crippen molar-refractivity contribution < 1.29 is 27.6 Å². The number of rotatable bonds is 8. The Bertz CT molecular complexity index is 1720. The van der Waals surface area contributed by atoms with Gasteiger partial charge in [0.1, 0.15) is 22.0 Å². The Morgan fingerprint density at radius 2 is 1.77 bits per heavy atom. The van der Waals surface area contributed by atoms with Crippen LogP contribution in [-0.4, -0.2) is 30.6 Å². The summed E-state index contributed by atoms with van der Waals surface area (Å²) < 4.78 is 38.7. The summed E-state index contributed by atoms with van der Waals surface area (Å²) in [7, 11) is -4.63. The number of hydrogen-bond donors (Lipinski definition) is 3. The Hall–Kier alpha value is -3.70. The van der Waals surface area contributed by atoms with E-state index in [1.54, 1.807) is 43.3 Å². The Balaban J connectivity index is 1.81. The lowest BCUT2D eigenvalue weighted by atomic mass is 10.0. The maximum atomic E-state index is 13.2. The molecule has 4 aromatic carbocycles. The summed E-state index contributed by atoms with van der Waals surface area (Å²) in [5.41, 5.74) is 0.728. The van der Waals surface area contributed by atoms with Gasteiger partial charge in [0.25, 0.3) is 16.0 Å². The van der Waals surface area contributed by atoms with Crippen LogP contribution in [0, 0.1) is 0 Å². The molecule has 3 N–H and O–H groups in total. The summed E-state index contributed by atoms with van der Waals surface area (Å²) in [6.45, 7) is 4.01. The number of phenolic OH excluding ortho intramolecular Hbond substituents is 1. The molecule has 9 nitrogen and oxygen atoms in total. The van der Waals surface area contributed by atoms with Crippen LogP contribution in [-0.2, 0) is 16.5 Å². The molecule has 0 aliphatic heterocycles. The number of nitrogens with zero attached hydrogens (tertiary/aromatic N) is 2. The van der Waals surface area contributed by atoms with E-state index in [-0.39, 0.29) is 22.0 Å². The van der Waals surface area contributed by atoms with Gasteiger partial charge in [0.15, 0.2) is 5.75 Å². The fourth-order valence-corrected chi connectivity index (χ4v) is 5.18. The van der Waals surface area contributed by atoms with Gasteiger partial charge in [-0.15, -0.1) is 10.2 Å². The second-order valence-corrected chi connectivity index (χ2v) is 10.6. The minimum absolute atomic E-state index is 0.0364. The van der Waals surface area contributed by atoms with Gasteiger partial charge in [-0.05, 0) is 54.6 Å². The molecule has 12 heteroatoms. The first-order chi connectivity index (χ1) is 18.5. The quantitative estimate of drug-likeness (QED) is 0.142. The molecule has 39 heavy (non-hydrogen) atoms. The number of benzene rings is 4. The van der Waals surface area contributed by atoms with E-state index < -0.39 is 26.7 Å². The highest BCUT2D eigenvalue weighted by atomic mass is 35.5. The van der Waals surface area contributed by atoms with Crippen molar-refractivity contribution in [1.82, 2.24) is 0 Å². The van der Waals surface area contributed by atoms with Crippen LogP contribution in [0.5, 0.6) is 11.5 Å². The van der Waals surface area contributed by atoms with Gasteiger partial charge in [0, 0.05) is 22.2 Å². The van der Waals surface area contributed by atoms with E-state index in [0.29, 0.717) is 45.8 Å². The van der Waals surface area contributed by atoms with Gasteiger partial charge in [-0.2, -0.15) is 8.42 Å². The standard InChI is InChI=1S/C27H23Cl2N3O6S/c1-3-15-9-22(24(29)23(10-15)39(35,36)37)31-32-25-20-8-6-5-7-16(20)11-21(26(25)33)27(34)30-18-12-17(28)13-19(14-18)38-4-2/h5-14,33H,3-4H2,1-2H3,(H,30,34)(H,35,36,37). The number of hydrogen-bond acceptors (Lipinski definition) is 7. The van der Waals surface area contributed by atoms with Crippen molar-refractivity contribution in [2.75, 3.05) is 11.9 Å². The number of nitrogens with one attached hydrogen (secondary N) is 1. The topological polar surface area (TPSA) is 138 Å². The molecule has 0 saturated heterocycles. The van der Waals surface area contributed by atoms with E-state index in [0.717, 1.165) is 0 Å². The average Bonchev–Trinajstić information content (AvgIpc) is 2.87. The lowest BCUT2D eigenvalue weighted by Gasteiger charge is -2.12. The summed E-state index contributed by atoms with van der Waals surface area (Å²) in [5.74, 6) is -0.633. The predicted molar refractivity (Wildman–Crippen MR) is 151 cm³/mol. The number of carbonyl (C=O) groups is 1. The van der Waals surface area contributed by atoms with Crippen LogP contribution >= 0.6 is 23.2 Å². The van der Waals surface area contributed by atoms with Gasteiger partial charge in [-0.1, -0.05) is 54.4 Å². The molecule has 1 amide bonds. The van der Waals surface area contributed by atoms with Crippen molar-refractivity contribution in [3.63, 3.8) is 0 Å². The molecule has 4 aromatic rings. The van der Waals surface area contributed by atoms with Gasteiger partial charge >= 0.3 is 0 Å². The van der Waals surface area contributed by atoms with Crippen LogP contribution in [0.15, 0.2) is 75.8 Å². The van der Waals surface area contributed by atoms with Crippen LogP contribution in [0.1, 0.15) is 29.8 Å². The van der Waals surface area contributed by atoms with Gasteiger partial charge in [0.2, 0.25) is 0 Å². The summed E-state index contributed by atoms with van der Waals surface area (Å²) in [5, 5.41) is 23.2. The monoisotopic (exact) mass is 587 g/mol. The summed E-state index contributed by atoms with van der Waals surface area (Å²) in [4.78, 5) is 12.7. The number of phenols is 1. The summed E-state index contributed by atoms with van der Waals surface area (Å²) >= 11 is 12.4. The zero-order chi connectivity index (χ0) is 28.3. The third-order valence-electron chi connectivity index (χ3n) is 5.70. The molecular formula is C27H23Cl2N3O6S. The first-order valence-electron chi connectivity index (χ1n) is 11.7. The minimum atomic E-state index is -4.63. The number of halogens is 2. The molecule has 0 spiro atoms. The van der Waals surface area contributed by atoms with Gasteiger partial charge in [0.05, 0.1) is 17.2 Å². The van der Waals surface area contributed by atoms with E-state index in [2.05, 4.69) is 15.5 Å². The van der Waals surface area contributed by atoms with Crippen molar-refractivity contribution in [1.29, 1.82) is 0 Å². The molecule has 0 aliphatic carbocycles. The SMILES string of the molecule is CCOc1cc(Cl)cc(NC(=O)c2cc3ccccc3c(N=Nc3cc(CC)cc(S(=O)(=O)O)c3Cl)c2O)c1. The van der Waals surface area contributed by atoms with E-state index >= 15 is 0 Å². The van der Waals surface area contributed by atoms with Crippen LogP contribution in [0.25, 0.3) is 10.8 Å². The van der Waals surface area contributed by atoms with E-state index in [4.69, 9.17) is 27.9 Å². The van der Waals surface area contributed by atoms with Crippen molar-refractivity contribution in [3.8, 4) is 11.5 Å². The highest BCUT2D eigenvalue weighted by Crippen LogP contribution is 2.41. The molecule has 0 saturated carbocycles. The third-order valence-corrected chi connectivity index (χ3v) is 7.31. The zero-order valence-corrected chi connectivity index (χ0v) is 23.1. The first-order valence-corrected chi connectivity index (χ1v) is 13.9. The Labute approximate surface area is 234 Å². The highest BCUT2D eigenvalue weighted by molar-refractivity contribution is 7.86. The molecule has 0 heterocycles. The molecule has 0 aliphatic rings. The molecule has 0 fully saturated rings. The van der Waals surface area contributed by atoms with E-state index in [9.17, 15) is 22.9 Å². The lowest BCUT2D eigenvalue weighted by molar-refractivity contribution is 0.102. The maximum absolute atomic E-state index is 13.2. The molecule has 4 rings (SSSR count). The van der Waals surface area contributed by atoms with Gasteiger partial charge < -0.3 is 15.2 Å². The number of fused-ring (bicyclic) bond motifs is 1. The molecule has 0 unspecified atom stereocenters. The van der Waals surface area contributed by atoms with Crippen LogP contribution < -0.4 is 10.1 Å². The molecular weight excluding hydrogens is 565 g/mol. The Morgan fingerprint density at radius 1 is 1.03 bits per heavy atom. The van der Waals surface area contributed by atoms with Crippen molar-refractivity contribution in [2.24, 2.45) is 10.2 Å². The second-order valence-electron chi connectivity index (χ2n) is 8.36. The fourth-order valence-electron chi connectivity index (χ4n) is 3.88. The Morgan fingerprint density at radius 3 is 2.46 bits per heavy atom. The largest absolute Gasteiger partial charge is 0.505 e. The van der Waals surface area contributed by atoms with Crippen LogP contribution in [0.4, 0.5) is 17.1 Å². The Kier molecular flexibility index (Phi) is 8.41. The predicted octanol–water partition coefficient (Wildman–Crippen LogP) is 7.73. The smallest absolute Gasteiger partial charge is 0.296 e. The fraction of sp³-hybridized carbons (Fsp3) is 0.148. The van der Waals surface area contributed by atoms with Gasteiger partial charge in [-0.25, -0.2) is 0 Å². The third kappa shape index (κ3) is 6.31. The second kappa shape index (κ2) is 11.6. The lowest BCUT2D eigenvalue weighted by Crippen LogP contribution is -2.12. The van der Waals surface area contributed by atoms with Gasteiger partial charge in [-0.3, -0.25) is 9.35 Å². The van der Waals surface area contributed by atoms with E-state index in [1.165, 1.54) is 24.3 Å². The number of amides is 1. The number of aryl methyl sites for hydroxylation is 1. The molecule has 0 atom stereocenters. The van der Waals surface area contributed by atoms with Crippen LogP contribution in [0.3, 0.4) is 0 Å². The van der Waals surface area contributed by atoms with Crippen LogP contribution in [0.2, 0.25) is 10.0 Å². The number of aromatic hydroxyl groups is 1. The van der Waals surface area contributed by atoms with E-state index in [1.807, 2.05) is 6.92 Å². The molecule has 0 radical (unpaired) electrons. The van der Waals surface area contributed by atoms with Crippen molar-refractivity contribution in [2.45, 2.75) is 25.2 Å². The van der Waals surface area contributed by atoms with Crippen molar-refractivity contribution >= 4 is 67.1 Å². The average molecular weight is 588 g/mol. The zero-order valence-electron chi connectivity index (χ0n) is 20.8. The number of ether oxygens (including phenoxy) is 1. The molecule has 0 aromatic heterocycles. The first kappa shape index (κ1) is 28.3. The minimum Gasteiger partial charge on any atom is -0.505 e.